The predicted octanol–water partition coefficient (Wildman–Crippen LogP) is 0.272. The molecule has 0 saturated carbocycles. The third-order valence-corrected chi connectivity index (χ3v) is 5.50. The summed E-state index contributed by atoms with van der Waals surface area (Å²) < 4.78 is 0. The van der Waals surface area contributed by atoms with E-state index in [1.165, 1.54) is 6.33 Å². The van der Waals surface area contributed by atoms with Crippen LogP contribution in [0.2, 0.25) is 0 Å². The Morgan fingerprint density at radius 3 is 2.46 bits per heavy atom. The van der Waals surface area contributed by atoms with Gasteiger partial charge < -0.3 is 35.6 Å². The predicted molar refractivity (Wildman–Crippen MR) is 119 cm³/mol. The number of carbonyl (C=O) groups is 4. The lowest BCUT2D eigenvalue weighted by Crippen LogP contribution is -2.49. The van der Waals surface area contributed by atoms with Gasteiger partial charge >= 0.3 is 17.9 Å². The minimum Gasteiger partial charge on any atom is -0.481 e. The molecule has 0 radical (unpaired) electrons. The van der Waals surface area contributed by atoms with Crippen LogP contribution in [0.5, 0.6) is 0 Å². The van der Waals surface area contributed by atoms with Gasteiger partial charge in [0.25, 0.3) is 0 Å². The molecule has 1 aliphatic rings. The molecule has 14 nitrogen and oxygen atoms in total. The fourth-order valence-corrected chi connectivity index (χ4v) is 3.54. The molecule has 1 saturated heterocycles. The van der Waals surface area contributed by atoms with Gasteiger partial charge in [-0.15, -0.1) is 0 Å². The molecule has 0 aromatic carbocycles. The van der Waals surface area contributed by atoms with Gasteiger partial charge in [-0.25, -0.2) is 14.8 Å². The second kappa shape index (κ2) is 11.7. The molecule has 0 aliphatic carbocycles. The Bertz CT molecular complexity index is 1110. The molecular weight excluding hydrogens is 464 g/mol. The molecule has 6 N–H and O–H groups in total. The van der Waals surface area contributed by atoms with Crippen molar-refractivity contribution in [3.63, 3.8) is 0 Å². The fourth-order valence-electron chi connectivity index (χ4n) is 3.54. The van der Waals surface area contributed by atoms with E-state index in [1.807, 2.05) is 18.3 Å². The number of aliphatic carboxylic acids is 3. The normalized spacial score (nSPS) is 17.6. The third kappa shape index (κ3) is 7.37. The molecule has 1 fully saturated rings. The van der Waals surface area contributed by atoms with Gasteiger partial charge in [-0.05, 0) is 18.4 Å². The minimum absolute atomic E-state index is 0.0589. The average molecular weight is 490 g/mol. The van der Waals surface area contributed by atoms with Gasteiger partial charge in [0.1, 0.15) is 24.2 Å². The Balaban J connectivity index is 0.000000287. The molecule has 188 valence electrons. The zero-order chi connectivity index (χ0) is 26.2. The maximum atomic E-state index is 11.9. The molecule has 2 aromatic heterocycles. The lowest BCUT2D eigenvalue weighted by Gasteiger charge is -2.37. The Kier molecular flexibility index (Phi) is 9.06. The number of carbonyl (C=O) groups excluding carboxylic acids is 1. The summed E-state index contributed by atoms with van der Waals surface area (Å²) in [6.45, 7) is 3.47. The Morgan fingerprint density at radius 1 is 1.23 bits per heavy atom. The van der Waals surface area contributed by atoms with Gasteiger partial charge in [-0.1, -0.05) is 6.92 Å². The average Bonchev–Trinajstić information content (AvgIpc) is 3.24. The molecule has 1 amide bonds. The number of carboxylic acid groups (broad SMARTS) is 3. The second-order valence-corrected chi connectivity index (χ2v) is 8.13. The summed E-state index contributed by atoms with van der Waals surface area (Å²) in [6, 6.07) is 3.97. The highest BCUT2D eigenvalue weighted by atomic mass is 16.4. The zero-order valence-electron chi connectivity index (χ0n) is 18.8. The first kappa shape index (κ1) is 27.0. The molecular formula is C21H26N6O8. The smallest absolute Gasteiger partial charge is 0.336 e. The highest BCUT2D eigenvalue weighted by Crippen LogP contribution is 2.24. The summed E-state index contributed by atoms with van der Waals surface area (Å²) in [7, 11) is 0. The molecule has 0 spiro atoms. The maximum absolute atomic E-state index is 11.9. The number of piperidine rings is 1. The van der Waals surface area contributed by atoms with Crippen LogP contribution in [0, 0.1) is 17.2 Å². The van der Waals surface area contributed by atoms with Crippen LogP contribution in [0.25, 0.3) is 11.0 Å². The van der Waals surface area contributed by atoms with Crippen molar-refractivity contribution in [3.8, 4) is 6.07 Å². The summed E-state index contributed by atoms with van der Waals surface area (Å²) in [5.74, 6) is -3.92. The van der Waals surface area contributed by atoms with E-state index in [2.05, 4.69) is 27.2 Å². The van der Waals surface area contributed by atoms with Gasteiger partial charge in [-0.3, -0.25) is 14.4 Å². The lowest BCUT2D eigenvalue weighted by molar-refractivity contribution is -0.170. The van der Waals surface area contributed by atoms with Crippen LogP contribution < -0.4 is 5.32 Å². The Hall–Kier alpha value is -4.25. The summed E-state index contributed by atoms with van der Waals surface area (Å²) in [5.41, 5.74) is -1.95. The van der Waals surface area contributed by atoms with Gasteiger partial charge in [0.15, 0.2) is 5.60 Å². The van der Waals surface area contributed by atoms with Gasteiger partial charge in [0.2, 0.25) is 5.91 Å². The molecule has 35 heavy (non-hydrogen) atoms. The Morgan fingerprint density at radius 2 is 1.89 bits per heavy atom. The van der Waals surface area contributed by atoms with E-state index >= 15 is 0 Å². The standard InChI is InChI=1S/C15H18N6O.C6H8O7/c1-10-4-7-21(13(22)2-5-16)8-12(10)20-15-11-3-6-17-14(11)18-9-19-15;7-3(8)1-6(13,5(11)12)2-4(9)10/h3,6,9-10,12H,2,4,7-8H2,1H3,(H2,17,18,19,20);13H,1-2H2,(H,7,8)(H,9,10)(H,11,12)/t10-,12-;/m0./s1. The van der Waals surface area contributed by atoms with Crippen molar-refractivity contribution >= 4 is 40.7 Å². The van der Waals surface area contributed by atoms with Gasteiger partial charge in [0.05, 0.1) is 24.3 Å². The number of nitrogens with zero attached hydrogens (tertiary/aromatic N) is 4. The van der Waals surface area contributed by atoms with Crippen molar-refractivity contribution in [1.29, 1.82) is 5.26 Å². The van der Waals surface area contributed by atoms with Crippen LogP contribution in [0.3, 0.4) is 0 Å². The van der Waals surface area contributed by atoms with Crippen molar-refractivity contribution in [3.05, 3.63) is 18.6 Å². The number of nitrogens with one attached hydrogen (secondary N) is 2. The van der Waals surface area contributed by atoms with E-state index in [0.29, 0.717) is 19.0 Å². The van der Waals surface area contributed by atoms with Crippen LogP contribution in [-0.4, -0.2) is 88.8 Å². The largest absolute Gasteiger partial charge is 0.481 e. The number of carboxylic acids is 3. The number of hydrogen-bond donors (Lipinski definition) is 6. The maximum Gasteiger partial charge on any atom is 0.336 e. The summed E-state index contributed by atoms with van der Waals surface area (Å²) in [5, 5.41) is 46.9. The summed E-state index contributed by atoms with van der Waals surface area (Å²) in [4.78, 5) is 55.7. The number of aromatic nitrogens is 3. The van der Waals surface area contributed by atoms with E-state index in [1.54, 1.807) is 4.90 Å². The molecule has 3 rings (SSSR count). The highest BCUT2D eigenvalue weighted by Gasteiger charge is 2.40. The molecule has 2 atom stereocenters. The molecule has 0 bridgehead atoms. The number of aromatic amines is 1. The number of fused-ring (bicyclic) bond motifs is 1. The van der Waals surface area contributed by atoms with Crippen molar-refractivity contribution in [2.75, 3.05) is 18.4 Å². The number of aliphatic hydroxyl groups is 1. The SMILES string of the molecule is C[C@H]1CCN(C(=O)CC#N)C[C@@H]1Nc1ncnc2[nH]ccc12.O=C(O)CC(O)(CC(=O)O)C(=O)O. The second-order valence-electron chi connectivity index (χ2n) is 8.13. The van der Waals surface area contributed by atoms with Crippen LogP contribution in [0.1, 0.15) is 32.6 Å². The van der Waals surface area contributed by atoms with Crippen molar-refractivity contribution in [2.24, 2.45) is 5.92 Å². The summed E-state index contributed by atoms with van der Waals surface area (Å²) in [6.07, 6.45) is 1.92. The number of H-pyrrole nitrogens is 1. The minimum atomic E-state index is -2.74. The first-order valence-electron chi connectivity index (χ1n) is 10.6. The quantitative estimate of drug-likeness (QED) is 0.293. The monoisotopic (exact) mass is 490 g/mol. The van der Waals surface area contributed by atoms with Crippen LogP contribution in [0.15, 0.2) is 18.6 Å². The van der Waals surface area contributed by atoms with Crippen molar-refractivity contribution < 1.29 is 39.6 Å². The molecule has 14 heteroatoms. The van der Waals surface area contributed by atoms with E-state index in [-0.39, 0.29) is 18.4 Å². The molecule has 3 heterocycles. The highest BCUT2D eigenvalue weighted by molar-refractivity contribution is 5.88. The van der Waals surface area contributed by atoms with Crippen LogP contribution in [0.4, 0.5) is 5.82 Å². The number of amides is 1. The van der Waals surface area contributed by atoms with Crippen LogP contribution >= 0.6 is 0 Å². The first-order chi connectivity index (χ1) is 16.5. The number of rotatable bonds is 8. The number of likely N-dealkylation sites (tertiary alicyclic amines) is 1. The van der Waals surface area contributed by atoms with Crippen molar-refractivity contribution in [2.45, 2.75) is 44.2 Å². The number of nitriles is 1. The first-order valence-corrected chi connectivity index (χ1v) is 10.6. The Labute approximate surface area is 199 Å². The topological polar surface area (TPSA) is 230 Å². The third-order valence-electron chi connectivity index (χ3n) is 5.50. The summed E-state index contributed by atoms with van der Waals surface area (Å²) >= 11 is 0. The fraction of sp³-hybridized carbons (Fsp3) is 0.476. The molecule has 0 unspecified atom stereocenters. The van der Waals surface area contributed by atoms with Crippen LogP contribution in [-0.2, 0) is 19.2 Å². The van der Waals surface area contributed by atoms with E-state index in [9.17, 15) is 19.2 Å². The number of hydrogen-bond acceptors (Lipinski definition) is 9. The van der Waals surface area contributed by atoms with E-state index < -0.39 is 36.4 Å². The van der Waals surface area contributed by atoms with Gasteiger partial charge in [0, 0.05) is 25.3 Å². The van der Waals surface area contributed by atoms with Gasteiger partial charge in [-0.2, -0.15) is 5.26 Å². The molecule has 2 aromatic rings. The molecule has 1 aliphatic heterocycles. The van der Waals surface area contributed by atoms with E-state index in [4.69, 9.17) is 25.7 Å². The number of anilines is 1. The van der Waals surface area contributed by atoms with E-state index in [0.717, 1.165) is 23.3 Å². The van der Waals surface area contributed by atoms with Crippen molar-refractivity contribution in [1.82, 2.24) is 19.9 Å². The zero-order valence-corrected chi connectivity index (χ0v) is 18.8. The lowest BCUT2D eigenvalue weighted by atomic mass is 9.93.